The number of H-pyrrole nitrogens is 1. The van der Waals surface area contributed by atoms with Crippen molar-refractivity contribution in [3.8, 4) is 11.5 Å². The van der Waals surface area contributed by atoms with E-state index in [1.54, 1.807) is 13.3 Å². The van der Waals surface area contributed by atoms with E-state index in [-0.39, 0.29) is 41.2 Å². The third-order valence-corrected chi connectivity index (χ3v) is 6.38. The molecule has 0 amide bonds. The summed E-state index contributed by atoms with van der Waals surface area (Å²) in [6.07, 6.45) is 1.67. The zero-order valence-electron chi connectivity index (χ0n) is 19.1. The largest absolute Gasteiger partial charge is 0.494 e. The maximum atomic E-state index is 13.0. The summed E-state index contributed by atoms with van der Waals surface area (Å²) in [7, 11) is 0.196. The number of para-hydroxylation sites is 1. The molecular weight excluding hydrogens is 441 g/mol. The van der Waals surface area contributed by atoms with E-state index in [0.717, 1.165) is 16.8 Å². The van der Waals surface area contributed by atoms with Crippen LogP contribution < -0.4 is 9.47 Å². The molecule has 3 aromatic rings. The first-order chi connectivity index (χ1) is 14.9. The van der Waals surface area contributed by atoms with E-state index in [4.69, 9.17) is 18.9 Å². The smallest absolute Gasteiger partial charge is 0.197 e. The molecule has 1 saturated heterocycles. The SMILES string of the molecule is COc1cccc2[nH]c(S(=O)Cc3nccc(OCC4COC(C)(C)OC4)c3C)nc12.[Na]. The molecule has 4 rings (SSSR count). The molecule has 1 N–H and O–H groups in total. The van der Waals surface area contributed by atoms with Crippen LogP contribution in [-0.4, -0.2) is 81.4 Å². The van der Waals surface area contributed by atoms with Gasteiger partial charge in [0, 0.05) is 47.2 Å². The van der Waals surface area contributed by atoms with E-state index in [1.165, 1.54) is 0 Å². The van der Waals surface area contributed by atoms with Crippen molar-refractivity contribution in [2.24, 2.45) is 5.92 Å². The summed E-state index contributed by atoms with van der Waals surface area (Å²) in [5.74, 6) is 1.21. The minimum atomic E-state index is -1.39. The molecule has 2 aromatic heterocycles. The van der Waals surface area contributed by atoms with Gasteiger partial charge >= 0.3 is 0 Å². The molecule has 0 aliphatic carbocycles. The second kappa shape index (κ2) is 10.6. The van der Waals surface area contributed by atoms with Gasteiger partial charge in [0.15, 0.2) is 10.9 Å². The molecule has 1 aliphatic heterocycles. The predicted octanol–water partition coefficient (Wildman–Crippen LogP) is 2.98. The maximum Gasteiger partial charge on any atom is 0.197 e. The summed E-state index contributed by atoms with van der Waals surface area (Å²) >= 11 is 0. The van der Waals surface area contributed by atoms with Crippen LogP contribution in [0.4, 0.5) is 0 Å². The van der Waals surface area contributed by atoms with E-state index in [9.17, 15) is 4.21 Å². The van der Waals surface area contributed by atoms with Crippen LogP contribution >= 0.6 is 0 Å². The van der Waals surface area contributed by atoms with Crippen LogP contribution in [0.3, 0.4) is 0 Å². The number of aromatic amines is 1. The minimum Gasteiger partial charge on any atom is -0.494 e. The fraction of sp³-hybridized carbons (Fsp3) is 0.455. The average Bonchev–Trinajstić information content (AvgIpc) is 3.20. The Hall–Kier alpha value is -1.49. The first-order valence-corrected chi connectivity index (χ1v) is 11.4. The summed E-state index contributed by atoms with van der Waals surface area (Å²) in [6.45, 7) is 7.39. The maximum absolute atomic E-state index is 13.0. The zero-order valence-corrected chi connectivity index (χ0v) is 22.0. The van der Waals surface area contributed by atoms with Crippen LogP contribution in [0.25, 0.3) is 11.0 Å². The van der Waals surface area contributed by atoms with Gasteiger partial charge in [-0.15, -0.1) is 0 Å². The Kier molecular flexibility index (Phi) is 8.35. The normalized spacial score (nSPS) is 17.0. The summed E-state index contributed by atoms with van der Waals surface area (Å²) < 4.78 is 35.7. The number of hydrogen-bond acceptors (Lipinski definition) is 7. The van der Waals surface area contributed by atoms with Gasteiger partial charge in [0.25, 0.3) is 0 Å². The Bertz CT molecular complexity index is 1090. The van der Waals surface area contributed by atoms with E-state index >= 15 is 0 Å². The van der Waals surface area contributed by atoms with Crippen molar-refractivity contribution in [2.75, 3.05) is 26.9 Å². The summed E-state index contributed by atoms with van der Waals surface area (Å²) in [5, 5.41) is 0.395. The molecule has 0 saturated carbocycles. The van der Waals surface area contributed by atoms with Crippen molar-refractivity contribution in [1.82, 2.24) is 15.0 Å². The van der Waals surface area contributed by atoms with Gasteiger partial charge in [-0.1, -0.05) is 6.07 Å². The molecule has 1 radical (unpaired) electrons. The van der Waals surface area contributed by atoms with Crippen LogP contribution in [0.5, 0.6) is 11.5 Å². The summed E-state index contributed by atoms with van der Waals surface area (Å²) in [5.41, 5.74) is 3.02. The molecule has 0 bridgehead atoms. The standard InChI is InChI=1S/C22H27N3O5S.Na/c1-14-17(13-31(26)21-24-16-6-5-7-19(27-4)20(16)25-21)23-9-8-18(14)28-10-15-11-29-22(2,3)30-12-15;/h5-9,15H,10-13H2,1-4H3,(H,24,25);. The van der Waals surface area contributed by atoms with Crippen molar-refractivity contribution in [2.45, 2.75) is 37.5 Å². The molecule has 167 valence electrons. The summed E-state index contributed by atoms with van der Waals surface area (Å²) in [6, 6.07) is 7.39. The van der Waals surface area contributed by atoms with Crippen molar-refractivity contribution < 1.29 is 23.2 Å². The van der Waals surface area contributed by atoms with Crippen molar-refractivity contribution >= 4 is 51.4 Å². The molecule has 1 aliphatic rings. The van der Waals surface area contributed by atoms with Gasteiger partial charge in [-0.25, -0.2) is 4.98 Å². The van der Waals surface area contributed by atoms with Gasteiger partial charge in [0.1, 0.15) is 17.0 Å². The third kappa shape index (κ3) is 5.70. The fourth-order valence-electron chi connectivity index (χ4n) is 3.34. The molecule has 1 atom stereocenters. The molecule has 1 aromatic carbocycles. The molecule has 8 nitrogen and oxygen atoms in total. The van der Waals surface area contributed by atoms with E-state index in [0.29, 0.717) is 41.9 Å². The zero-order chi connectivity index (χ0) is 22.0. The molecule has 0 spiro atoms. The molecule has 1 fully saturated rings. The quantitative estimate of drug-likeness (QED) is 0.533. The number of ether oxygens (including phenoxy) is 4. The Balaban J connectivity index is 0.00000289. The molecule has 32 heavy (non-hydrogen) atoms. The molecule has 1 unspecified atom stereocenters. The van der Waals surface area contributed by atoms with Crippen LogP contribution in [0.2, 0.25) is 0 Å². The summed E-state index contributed by atoms with van der Waals surface area (Å²) in [4.78, 5) is 12.0. The Morgan fingerprint density at radius 3 is 2.69 bits per heavy atom. The van der Waals surface area contributed by atoms with Crippen LogP contribution in [0.15, 0.2) is 35.6 Å². The number of benzene rings is 1. The van der Waals surface area contributed by atoms with Gasteiger partial charge in [-0.05, 0) is 39.0 Å². The number of nitrogens with one attached hydrogen (secondary N) is 1. The van der Waals surface area contributed by atoms with Crippen molar-refractivity contribution in [3.05, 3.63) is 41.7 Å². The van der Waals surface area contributed by atoms with Crippen LogP contribution in [0, 0.1) is 12.8 Å². The van der Waals surface area contributed by atoms with Gasteiger partial charge in [0.05, 0.1) is 54.7 Å². The number of rotatable bonds is 7. The molecule has 3 heterocycles. The van der Waals surface area contributed by atoms with Gasteiger partial charge in [-0.3, -0.25) is 9.19 Å². The third-order valence-electron chi connectivity index (χ3n) is 5.22. The monoisotopic (exact) mass is 468 g/mol. The van der Waals surface area contributed by atoms with Crippen LogP contribution in [-0.2, 0) is 26.0 Å². The van der Waals surface area contributed by atoms with E-state index in [1.807, 2.05) is 45.0 Å². The fourth-order valence-corrected chi connectivity index (χ4v) is 4.43. The Morgan fingerprint density at radius 1 is 1.22 bits per heavy atom. The van der Waals surface area contributed by atoms with Gasteiger partial charge < -0.3 is 23.9 Å². The van der Waals surface area contributed by atoms with E-state index < -0.39 is 16.6 Å². The topological polar surface area (TPSA) is 95.6 Å². The first kappa shape index (κ1) is 25.1. The second-order valence-electron chi connectivity index (χ2n) is 7.97. The average molecular weight is 469 g/mol. The van der Waals surface area contributed by atoms with E-state index in [2.05, 4.69) is 15.0 Å². The second-order valence-corrected chi connectivity index (χ2v) is 9.33. The number of aromatic nitrogens is 3. The number of hydrogen-bond donors (Lipinski definition) is 1. The minimum absolute atomic E-state index is 0. The Morgan fingerprint density at radius 2 is 1.97 bits per heavy atom. The van der Waals surface area contributed by atoms with Crippen molar-refractivity contribution in [3.63, 3.8) is 0 Å². The number of pyridine rings is 1. The number of nitrogens with zero attached hydrogens (tertiary/aromatic N) is 2. The molecular formula is C22H27N3NaO5S. The first-order valence-electron chi connectivity index (χ1n) is 10.1. The molecule has 10 heteroatoms. The van der Waals surface area contributed by atoms with Gasteiger partial charge in [-0.2, -0.15) is 0 Å². The van der Waals surface area contributed by atoms with Crippen LogP contribution in [0.1, 0.15) is 25.1 Å². The van der Waals surface area contributed by atoms with Gasteiger partial charge in [0.2, 0.25) is 0 Å². The Labute approximate surface area is 212 Å². The number of imidazole rings is 1. The number of fused-ring (bicyclic) bond motifs is 1. The number of methoxy groups -OCH3 is 1. The van der Waals surface area contributed by atoms with Crippen molar-refractivity contribution in [1.29, 1.82) is 0 Å². The predicted molar refractivity (Wildman–Crippen MR) is 122 cm³/mol.